The number of benzene rings is 2. The van der Waals surface area contributed by atoms with Crippen molar-refractivity contribution in [2.45, 2.75) is 20.8 Å². The number of carboxylic acid groups (broad SMARTS) is 1. The number of aliphatic carboxylic acids is 1. The number of hydrogen-bond donors (Lipinski definition) is 2. The van der Waals surface area contributed by atoms with Gasteiger partial charge in [-0.2, -0.15) is 0 Å². The molecular weight excluding hydrogens is 260 g/mol. The number of carboxylic acids is 1. The van der Waals surface area contributed by atoms with Gasteiger partial charge in [0.15, 0.2) is 0 Å². The predicted octanol–water partition coefficient (Wildman–Crippen LogP) is 2.87. The summed E-state index contributed by atoms with van der Waals surface area (Å²) in [7, 11) is 0. The van der Waals surface area contributed by atoms with Crippen molar-refractivity contribution in [2.75, 3.05) is 0 Å². The Morgan fingerprint density at radius 1 is 1.10 bits per heavy atom. The maximum absolute atomic E-state index is 11.0. The van der Waals surface area contributed by atoms with Crippen LogP contribution in [0.4, 0.5) is 0 Å². The van der Waals surface area contributed by atoms with E-state index < -0.39 is 5.97 Å². The van der Waals surface area contributed by atoms with Gasteiger partial charge in [0.05, 0.1) is 0 Å². The molecule has 2 aromatic carbocycles. The lowest BCUT2D eigenvalue weighted by atomic mass is 10.1. The van der Waals surface area contributed by atoms with Gasteiger partial charge in [-0.15, -0.1) is 0 Å². The van der Waals surface area contributed by atoms with Crippen molar-refractivity contribution in [2.24, 2.45) is 0 Å². The number of carbonyl (C=O) groups is 2. The monoisotopic (exact) mass is 276 g/mol. The highest BCUT2D eigenvalue weighted by molar-refractivity contribution is 5.95. The van der Waals surface area contributed by atoms with Crippen molar-refractivity contribution >= 4 is 22.7 Å². The third-order valence-electron chi connectivity index (χ3n) is 2.40. The van der Waals surface area contributed by atoms with Crippen LogP contribution in [0.5, 0.6) is 11.5 Å². The number of phenols is 1. The molecule has 0 atom stereocenters. The Balaban J connectivity index is 0.000000444. The molecule has 20 heavy (non-hydrogen) atoms. The van der Waals surface area contributed by atoms with E-state index >= 15 is 0 Å². The van der Waals surface area contributed by atoms with Crippen LogP contribution >= 0.6 is 0 Å². The van der Waals surface area contributed by atoms with Crippen LogP contribution in [0.15, 0.2) is 30.3 Å². The molecule has 106 valence electrons. The summed E-state index contributed by atoms with van der Waals surface area (Å²) in [4.78, 5) is 20.0. The number of aryl methyl sites for hydroxylation is 1. The second kappa shape index (κ2) is 6.56. The average Bonchev–Trinajstić information content (AvgIpc) is 2.33. The van der Waals surface area contributed by atoms with E-state index in [1.807, 2.05) is 18.2 Å². The number of esters is 1. The van der Waals surface area contributed by atoms with Crippen molar-refractivity contribution < 1.29 is 24.5 Å². The molecule has 0 aliphatic carbocycles. The zero-order chi connectivity index (χ0) is 15.3. The van der Waals surface area contributed by atoms with Gasteiger partial charge in [-0.3, -0.25) is 9.59 Å². The highest BCUT2D eigenvalue weighted by Crippen LogP contribution is 2.35. The largest absolute Gasteiger partial charge is 0.507 e. The van der Waals surface area contributed by atoms with E-state index in [0.717, 1.165) is 17.9 Å². The van der Waals surface area contributed by atoms with Gasteiger partial charge in [0.1, 0.15) is 11.5 Å². The fraction of sp³-hybridized carbons (Fsp3) is 0.200. The predicted molar refractivity (Wildman–Crippen MR) is 75.0 cm³/mol. The summed E-state index contributed by atoms with van der Waals surface area (Å²) in [5.41, 5.74) is 0.742. The van der Waals surface area contributed by atoms with Crippen LogP contribution < -0.4 is 4.74 Å². The van der Waals surface area contributed by atoms with Gasteiger partial charge in [0.2, 0.25) is 0 Å². The molecule has 2 rings (SSSR count). The number of hydrogen-bond acceptors (Lipinski definition) is 4. The standard InChI is InChI=1S/C13H12O3.C2H4O2/c1-8-7-12(15)10-5-3-4-6-11(10)13(8)16-9(2)14;1-2(3)4/h3-7,15H,1-2H3;1H3,(H,3,4). The van der Waals surface area contributed by atoms with Gasteiger partial charge in [0, 0.05) is 24.6 Å². The number of carbonyl (C=O) groups excluding carboxylic acids is 1. The van der Waals surface area contributed by atoms with Gasteiger partial charge in [-0.25, -0.2) is 0 Å². The Bertz CT molecular complexity index is 642. The minimum atomic E-state index is -0.833. The molecule has 0 spiro atoms. The smallest absolute Gasteiger partial charge is 0.308 e. The molecule has 0 unspecified atom stereocenters. The summed E-state index contributed by atoms with van der Waals surface area (Å²) < 4.78 is 5.16. The lowest BCUT2D eigenvalue weighted by Gasteiger charge is -2.10. The van der Waals surface area contributed by atoms with E-state index in [9.17, 15) is 9.90 Å². The maximum atomic E-state index is 11.0. The second-order valence-electron chi connectivity index (χ2n) is 4.20. The molecule has 0 radical (unpaired) electrons. The minimum Gasteiger partial charge on any atom is -0.507 e. The number of fused-ring (bicyclic) bond motifs is 1. The topological polar surface area (TPSA) is 83.8 Å². The Hall–Kier alpha value is -2.56. The molecule has 2 aromatic rings. The molecule has 0 heterocycles. The highest BCUT2D eigenvalue weighted by atomic mass is 16.5. The van der Waals surface area contributed by atoms with Crippen molar-refractivity contribution in [3.05, 3.63) is 35.9 Å². The van der Waals surface area contributed by atoms with E-state index in [0.29, 0.717) is 11.1 Å². The molecule has 0 saturated heterocycles. The number of ether oxygens (including phenoxy) is 1. The molecule has 2 N–H and O–H groups in total. The summed E-state index contributed by atoms with van der Waals surface area (Å²) in [6.45, 7) is 4.24. The SMILES string of the molecule is CC(=O)O.CC(=O)Oc1c(C)cc(O)c2ccccc12. The molecule has 0 saturated carbocycles. The van der Waals surface area contributed by atoms with E-state index in [1.54, 1.807) is 19.1 Å². The Labute approximate surface area is 116 Å². The van der Waals surface area contributed by atoms with E-state index in [4.69, 9.17) is 14.6 Å². The van der Waals surface area contributed by atoms with Crippen LogP contribution in [0.2, 0.25) is 0 Å². The fourth-order valence-electron chi connectivity index (χ4n) is 1.74. The summed E-state index contributed by atoms with van der Waals surface area (Å²) in [5, 5.41) is 18.6. The first-order valence-electron chi connectivity index (χ1n) is 5.92. The lowest BCUT2D eigenvalue weighted by molar-refractivity contribution is -0.134. The van der Waals surface area contributed by atoms with Crippen molar-refractivity contribution in [1.29, 1.82) is 0 Å². The lowest BCUT2D eigenvalue weighted by Crippen LogP contribution is -2.03. The summed E-state index contributed by atoms with van der Waals surface area (Å²) in [5.74, 6) is -0.483. The van der Waals surface area contributed by atoms with Crippen LogP contribution in [0, 0.1) is 6.92 Å². The van der Waals surface area contributed by atoms with E-state index in [1.165, 1.54) is 6.92 Å². The van der Waals surface area contributed by atoms with Gasteiger partial charge in [0.25, 0.3) is 5.97 Å². The zero-order valence-electron chi connectivity index (χ0n) is 11.5. The fourth-order valence-corrected chi connectivity index (χ4v) is 1.74. The Morgan fingerprint density at radius 3 is 2.10 bits per heavy atom. The first kappa shape index (κ1) is 15.5. The van der Waals surface area contributed by atoms with E-state index in [-0.39, 0.29) is 11.7 Å². The summed E-state index contributed by atoms with van der Waals surface area (Å²) >= 11 is 0. The van der Waals surface area contributed by atoms with Gasteiger partial charge >= 0.3 is 5.97 Å². The van der Waals surface area contributed by atoms with Crippen LogP contribution in [-0.4, -0.2) is 22.2 Å². The Kier molecular flexibility index (Phi) is 5.08. The van der Waals surface area contributed by atoms with Crippen LogP contribution in [0.25, 0.3) is 10.8 Å². The molecule has 0 aliphatic rings. The summed E-state index contributed by atoms with van der Waals surface area (Å²) in [6, 6.07) is 8.88. The quantitative estimate of drug-likeness (QED) is 0.618. The Morgan fingerprint density at radius 2 is 1.60 bits per heavy atom. The van der Waals surface area contributed by atoms with Gasteiger partial charge in [-0.05, 0) is 18.6 Å². The maximum Gasteiger partial charge on any atom is 0.308 e. The van der Waals surface area contributed by atoms with Crippen molar-refractivity contribution in [1.82, 2.24) is 0 Å². The number of aromatic hydroxyl groups is 1. The average molecular weight is 276 g/mol. The zero-order valence-corrected chi connectivity index (χ0v) is 11.5. The van der Waals surface area contributed by atoms with Gasteiger partial charge in [-0.1, -0.05) is 24.3 Å². The van der Waals surface area contributed by atoms with E-state index in [2.05, 4.69) is 0 Å². The number of phenolic OH excluding ortho intramolecular Hbond substituents is 1. The van der Waals surface area contributed by atoms with Crippen molar-refractivity contribution in [3.63, 3.8) is 0 Å². The van der Waals surface area contributed by atoms with Crippen molar-refractivity contribution in [3.8, 4) is 11.5 Å². The second-order valence-corrected chi connectivity index (χ2v) is 4.20. The molecule has 0 aromatic heterocycles. The molecule has 5 nitrogen and oxygen atoms in total. The normalized spacial score (nSPS) is 9.55. The molecule has 0 amide bonds. The third-order valence-corrected chi connectivity index (χ3v) is 2.40. The van der Waals surface area contributed by atoms with Crippen LogP contribution in [0.1, 0.15) is 19.4 Å². The highest BCUT2D eigenvalue weighted by Gasteiger charge is 2.11. The minimum absolute atomic E-state index is 0.198. The molecule has 5 heteroatoms. The summed E-state index contributed by atoms with van der Waals surface area (Å²) in [6.07, 6.45) is 0. The van der Waals surface area contributed by atoms with Gasteiger partial charge < -0.3 is 14.9 Å². The number of rotatable bonds is 1. The molecule has 0 bridgehead atoms. The molecular formula is C15H16O5. The van der Waals surface area contributed by atoms with Crippen LogP contribution in [0.3, 0.4) is 0 Å². The third kappa shape index (κ3) is 3.98. The first-order valence-corrected chi connectivity index (χ1v) is 5.92. The van der Waals surface area contributed by atoms with Crippen LogP contribution in [-0.2, 0) is 9.59 Å². The first-order chi connectivity index (χ1) is 9.32. The molecule has 0 aliphatic heterocycles. The molecule has 0 fully saturated rings.